The van der Waals surface area contributed by atoms with Gasteiger partial charge in [-0.3, -0.25) is 14.7 Å². The summed E-state index contributed by atoms with van der Waals surface area (Å²) in [5.41, 5.74) is 0.988. The minimum absolute atomic E-state index is 0.120. The second-order valence-electron chi connectivity index (χ2n) is 8.99. The van der Waals surface area contributed by atoms with Crippen LogP contribution < -0.4 is 4.90 Å². The molecule has 8 heteroatoms. The molecule has 0 spiro atoms. The van der Waals surface area contributed by atoms with E-state index in [1.165, 1.54) is 37.3 Å². The molecule has 7 nitrogen and oxygen atoms in total. The number of carbonyl (C=O) groups is 1. The van der Waals surface area contributed by atoms with Gasteiger partial charge in [-0.05, 0) is 56.7 Å². The Balaban J connectivity index is 1.27. The van der Waals surface area contributed by atoms with Crippen LogP contribution in [0.3, 0.4) is 0 Å². The molecule has 0 aliphatic carbocycles. The van der Waals surface area contributed by atoms with Crippen LogP contribution in [0, 0.1) is 5.92 Å². The van der Waals surface area contributed by atoms with E-state index in [1.54, 1.807) is 19.5 Å². The second kappa shape index (κ2) is 11.2. The summed E-state index contributed by atoms with van der Waals surface area (Å²) in [6.07, 6.45) is 9.42. The number of hydrogen-bond acceptors (Lipinski definition) is 7. The fourth-order valence-electron chi connectivity index (χ4n) is 4.88. The number of pyridine rings is 1. The van der Waals surface area contributed by atoms with Crippen molar-refractivity contribution in [2.45, 2.75) is 44.7 Å². The van der Waals surface area contributed by atoms with Crippen LogP contribution in [0.25, 0.3) is 0 Å². The minimum Gasteiger partial charge on any atom is -0.385 e. The van der Waals surface area contributed by atoms with Gasteiger partial charge in [-0.15, -0.1) is 0 Å². The van der Waals surface area contributed by atoms with Crippen molar-refractivity contribution in [3.8, 4) is 0 Å². The first kappa shape index (κ1) is 23.1. The van der Waals surface area contributed by atoms with E-state index in [1.807, 2.05) is 35.0 Å². The Kier molecular flexibility index (Phi) is 8.10. The van der Waals surface area contributed by atoms with Gasteiger partial charge < -0.3 is 14.5 Å². The molecule has 2 fully saturated rings. The van der Waals surface area contributed by atoms with Gasteiger partial charge in [0.1, 0.15) is 4.88 Å². The molecule has 1 unspecified atom stereocenters. The van der Waals surface area contributed by atoms with E-state index in [-0.39, 0.29) is 5.91 Å². The molecule has 174 valence electrons. The Morgan fingerprint density at radius 3 is 2.81 bits per heavy atom. The Morgan fingerprint density at radius 2 is 2.06 bits per heavy atom. The number of amides is 1. The summed E-state index contributed by atoms with van der Waals surface area (Å²) in [5.74, 6) is 0.872. The first-order valence-corrected chi connectivity index (χ1v) is 12.5. The highest BCUT2D eigenvalue weighted by atomic mass is 32.1. The van der Waals surface area contributed by atoms with Crippen LogP contribution in [0.2, 0.25) is 0 Å². The maximum absolute atomic E-state index is 13.1. The van der Waals surface area contributed by atoms with Gasteiger partial charge in [0, 0.05) is 52.6 Å². The summed E-state index contributed by atoms with van der Waals surface area (Å²) in [4.78, 5) is 29.4. The van der Waals surface area contributed by atoms with Crippen LogP contribution in [0.4, 0.5) is 5.13 Å². The van der Waals surface area contributed by atoms with E-state index in [4.69, 9.17) is 4.74 Å². The monoisotopic (exact) mass is 457 g/mol. The molecule has 0 bridgehead atoms. The highest BCUT2D eigenvalue weighted by Gasteiger charge is 2.31. The zero-order chi connectivity index (χ0) is 22.3. The Hall–Kier alpha value is -2.03. The first-order chi connectivity index (χ1) is 15.6. The Morgan fingerprint density at radius 1 is 1.22 bits per heavy atom. The predicted octanol–water partition coefficient (Wildman–Crippen LogP) is 3.53. The molecule has 32 heavy (non-hydrogen) atoms. The molecule has 2 aliphatic heterocycles. The maximum Gasteiger partial charge on any atom is 0.265 e. The number of rotatable bonds is 8. The largest absolute Gasteiger partial charge is 0.385 e. The molecule has 1 atom stereocenters. The smallest absolute Gasteiger partial charge is 0.265 e. The number of methoxy groups -OCH3 is 1. The lowest BCUT2D eigenvalue weighted by Gasteiger charge is -2.42. The molecule has 2 aromatic rings. The molecule has 2 aliphatic rings. The van der Waals surface area contributed by atoms with E-state index in [0.717, 1.165) is 60.6 Å². The van der Waals surface area contributed by atoms with E-state index >= 15 is 0 Å². The van der Waals surface area contributed by atoms with Crippen LogP contribution in [0.15, 0.2) is 30.6 Å². The quantitative estimate of drug-likeness (QED) is 0.604. The molecule has 0 saturated carbocycles. The molecule has 0 N–H and O–H groups in total. The standard InChI is InChI=1S/C24H35N5O2S/c1-27(18-20-7-3-4-11-25-20)24-26-16-22(32-24)23(30)28-13-8-21(9-14-28)29-12-5-6-19(17-29)10-15-31-2/h3-4,7,11,16,19,21H,5-6,8-10,12-15,17-18H2,1-2H3. The number of anilines is 1. The maximum atomic E-state index is 13.1. The fourth-order valence-corrected chi connectivity index (χ4v) is 5.73. The third-order valence-corrected chi connectivity index (χ3v) is 7.80. The van der Waals surface area contributed by atoms with Crippen molar-refractivity contribution in [2.24, 2.45) is 5.92 Å². The third kappa shape index (κ3) is 5.85. The number of piperidine rings is 2. The van der Waals surface area contributed by atoms with Gasteiger partial charge in [-0.1, -0.05) is 17.4 Å². The van der Waals surface area contributed by atoms with Gasteiger partial charge in [-0.25, -0.2) is 4.98 Å². The van der Waals surface area contributed by atoms with Crippen molar-refractivity contribution in [3.05, 3.63) is 41.2 Å². The number of likely N-dealkylation sites (tertiary alicyclic amines) is 2. The molecule has 4 heterocycles. The summed E-state index contributed by atoms with van der Waals surface area (Å²) in [6.45, 7) is 5.58. The fraction of sp³-hybridized carbons (Fsp3) is 0.625. The van der Waals surface area contributed by atoms with Crippen molar-refractivity contribution >= 4 is 22.4 Å². The van der Waals surface area contributed by atoms with Crippen molar-refractivity contribution in [1.29, 1.82) is 0 Å². The second-order valence-corrected chi connectivity index (χ2v) is 10.0. The highest BCUT2D eigenvalue weighted by Crippen LogP contribution is 2.28. The van der Waals surface area contributed by atoms with Crippen molar-refractivity contribution in [2.75, 3.05) is 51.8 Å². The van der Waals surface area contributed by atoms with Gasteiger partial charge in [-0.2, -0.15) is 0 Å². The number of aromatic nitrogens is 2. The Labute approximate surface area is 195 Å². The van der Waals surface area contributed by atoms with Gasteiger partial charge in [0.05, 0.1) is 18.4 Å². The van der Waals surface area contributed by atoms with Crippen LogP contribution >= 0.6 is 11.3 Å². The molecule has 4 rings (SSSR count). The van der Waals surface area contributed by atoms with E-state index in [9.17, 15) is 4.79 Å². The topological polar surface area (TPSA) is 61.8 Å². The lowest BCUT2D eigenvalue weighted by atomic mass is 9.92. The number of carbonyl (C=O) groups excluding carboxylic acids is 1. The lowest BCUT2D eigenvalue weighted by molar-refractivity contribution is 0.0492. The Bertz CT molecular complexity index is 853. The molecule has 0 aromatic carbocycles. The normalized spacial score (nSPS) is 20.4. The molecule has 2 aromatic heterocycles. The molecule has 1 amide bonds. The summed E-state index contributed by atoms with van der Waals surface area (Å²) in [5, 5.41) is 0.851. The first-order valence-electron chi connectivity index (χ1n) is 11.7. The van der Waals surface area contributed by atoms with E-state index < -0.39 is 0 Å². The summed E-state index contributed by atoms with van der Waals surface area (Å²) < 4.78 is 5.28. The molecule has 2 saturated heterocycles. The summed E-state index contributed by atoms with van der Waals surface area (Å²) in [6, 6.07) is 6.51. The van der Waals surface area contributed by atoms with Crippen LogP contribution in [-0.2, 0) is 11.3 Å². The van der Waals surface area contributed by atoms with Crippen molar-refractivity contribution in [3.63, 3.8) is 0 Å². The zero-order valence-corrected chi connectivity index (χ0v) is 20.1. The predicted molar refractivity (Wildman–Crippen MR) is 128 cm³/mol. The van der Waals surface area contributed by atoms with Gasteiger partial charge in [0.2, 0.25) is 0 Å². The number of hydrogen-bond donors (Lipinski definition) is 0. The van der Waals surface area contributed by atoms with Gasteiger partial charge >= 0.3 is 0 Å². The average Bonchev–Trinajstić information content (AvgIpc) is 3.34. The molecule has 0 radical (unpaired) electrons. The number of thiazole rings is 1. The van der Waals surface area contributed by atoms with Crippen LogP contribution in [-0.4, -0.2) is 78.7 Å². The van der Waals surface area contributed by atoms with Gasteiger partial charge in [0.25, 0.3) is 5.91 Å². The average molecular weight is 458 g/mol. The minimum atomic E-state index is 0.120. The van der Waals surface area contributed by atoms with E-state index in [2.05, 4.69) is 14.9 Å². The highest BCUT2D eigenvalue weighted by molar-refractivity contribution is 7.17. The number of ether oxygens (including phenoxy) is 1. The molecular weight excluding hydrogens is 422 g/mol. The van der Waals surface area contributed by atoms with Crippen molar-refractivity contribution in [1.82, 2.24) is 19.8 Å². The lowest BCUT2D eigenvalue weighted by Crippen LogP contribution is -2.49. The van der Waals surface area contributed by atoms with Gasteiger partial charge in [0.15, 0.2) is 5.13 Å². The van der Waals surface area contributed by atoms with Crippen LogP contribution in [0.5, 0.6) is 0 Å². The number of nitrogens with zero attached hydrogens (tertiary/aromatic N) is 5. The van der Waals surface area contributed by atoms with Crippen LogP contribution in [0.1, 0.15) is 47.5 Å². The van der Waals surface area contributed by atoms with E-state index in [0.29, 0.717) is 12.6 Å². The van der Waals surface area contributed by atoms with Crippen molar-refractivity contribution < 1.29 is 9.53 Å². The summed E-state index contributed by atoms with van der Waals surface area (Å²) in [7, 11) is 3.78. The SMILES string of the molecule is COCCC1CCCN(C2CCN(C(=O)c3cnc(N(C)Cc4ccccn4)s3)CC2)C1. The molecular formula is C24H35N5O2S. The zero-order valence-electron chi connectivity index (χ0n) is 19.3. The third-order valence-electron chi connectivity index (χ3n) is 6.70. The summed E-state index contributed by atoms with van der Waals surface area (Å²) >= 11 is 1.47.